The summed E-state index contributed by atoms with van der Waals surface area (Å²) in [7, 11) is 0. The van der Waals surface area contributed by atoms with E-state index in [1.54, 1.807) is 24.5 Å². The molecule has 0 aliphatic rings. The average molecular weight is 306 g/mol. The lowest BCUT2D eigenvalue weighted by Gasteiger charge is -2.07. The maximum absolute atomic E-state index is 11.2. The highest BCUT2D eigenvalue weighted by Gasteiger charge is 2.02. The molecule has 0 fully saturated rings. The van der Waals surface area contributed by atoms with Gasteiger partial charge < -0.3 is 4.74 Å². The topological polar surface area (TPSA) is 39.2 Å². The van der Waals surface area contributed by atoms with E-state index < -0.39 is 0 Å². The summed E-state index contributed by atoms with van der Waals surface area (Å²) >= 11 is 3.36. The number of rotatable bonds is 4. The molecule has 4 heteroatoms. The van der Waals surface area contributed by atoms with Crippen LogP contribution in [0.25, 0.3) is 0 Å². The highest BCUT2D eigenvalue weighted by molar-refractivity contribution is 9.10. The van der Waals surface area contributed by atoms with Gasteiger partial charge in [-0.3, -0.25) is 9.78 Å². The van der Waals surface area contributed by atoms with Crippen molar-refractivity contribution >= 4 is 21.7 Å². The van der Waals surface area contributed by atoms with Crippen LogP contribution < -0.4 is 4.74 Å². The van der Waals surface area contributed by atoms with Crippen LogP contribution in [0.5, 0.6) is 5.75 Å². The van der Waals surface area contributed by atoms with Crippen LogP contribution in [-0.2, 0) is 6.61 Å². The number of benzene rings is 1. The van der Waals surface area contributed by atoms with E-state index in [1.807, 2.05) is 18.2 Å². The van der Waals surface area contributed by atoms with Gasteiger partial charge in [-0.1, -0.05) is 12.1 Å². The number of nitrogens with zero attached hydrogens (tertiary/aromatic N) is 1. The van der Waals surface area contributed by atoms with E-state index in [2.05, 4.69) is 20.9 Å². The Labute approximate surface area is 114 Å². The van der Waals surface area contributed by atoms with Crippen molar-refractivity contribution in [2.45, 2.75) is 13.5 Å². The summed E-state index contributed by atoms with van der Waals surface area (Å²) in [5, 5.41) is 0. The monoisotopic (exact) mass is 305 g/mol. The minimum Gasteiger partial charge on any atom is -0.489 e. The maximum atomic E-state index is 11.2. The van der Waals surface area contributed by atoms with Crippen molar-refractivity contribution in [3.63, 3.8) is 0 Å². The second kappa shape index (κ2) is 5.78. The third kappa shape index (κ3) is 3.40. The summed E-state index contributed by atoms with van der Waals surface area (Å²) in [6.45, 7) is 1.96. The van der Waals surface area contributed by atoms with Gasteiger partial charge >= 0.3 is 0 Å². The van der Waals surface area contributed by atoms with E-state index in [4.69, 9.17) is 4.74 Å². The molecule has 0 aliphatic carbocycles. The molecule has 0 spiro atoms. The van der Waals surface area contributed by atoms with Crippen LogP contribution in [0.3, 0.4) is 0 Å². The molecule has 1 aromatic carbocycles. The number of hydrogen-bond donors (Lipinski definition) is 0. The Bertz CT molecular complexity index is 569. The number of halogens is 1. The van der Waals surface area contributed by atoms with Crippen molar-refractivity contribution in [2.75, 3.05) is 0 Å². The zero-order valence-electron chi connectivity index (χ0n) is 9.89. The van der Waals surface area contributed by atoms with Crippen molar-refractivity contribution in [1.29, 1.82) is 0 Å². The van der Waals surface area contributed by atoms with Gasteiger partial charge in [0.15, 0.2) is 5.78 Å². The van der Waals surface area contributed by atoms with Crippen LogP contribution >= 0.6 is 15.9 Å². The number of ether oxygens (including phenoxy) is 1. The van der Waals surface area contributed by atoms with E-state index >= 15 is 0 Å². The molecule has 1 aromatic heterocycles. The lowest BCUT2D eigenvalue weighted by molar-refractivity contribution is 0.101. The second-order valence-corrected chi connectivity index (χ2v) is 4.80. The minimum absolute atomic E-state index is 0.0320. The fourth-order valence-corrected chi connectivity index (χ4v) is 1.92. The molecule has 2 aromatic rings. The van der Waals surface area contributed by atoms with Crippen LogP contribution in [0.1, 0.15) is 22.8 Å². The minimum atomic E-state index is 0.0320. The molecule has 0 unspecified atom stereocenters. The highest BCUT2D eigenvalue weighted by atomic mass is 79.9. The first-order valence-electron chi connectivity index (χ1n) is 5.48. The zero-order valence-corrected chi connectivity index (χ0v) is 11.5. The molecular weight excluding hydrogens is 294 g/mol. The van der Waals surface area contributed by atoms with E-state index in [9.17, 15) is 4.79 Å². The van der Waals surface area contributed by atoms with Gasteiger partial charge in [-0.05, 0) is 41.1 Å². The molecule has 0 radical (unpaired) electrons. The van der Waals surface area contributed by atoms with Crippen molar-refractivity contribution in [2.24, 2.45) is 0 Å². The standard InChI is InChI=1S/C14H12BrNO2/c1-10(17)12-3-2-4-14(6-12)18-9-11-5-13(15)8-16-7-11/h2-8H,9H2,1H3. The van der Waals surface area contributed by atoms with E-state index in [1.165, 1.54) is 6.92 Å². The lowest BCUT2D eigenvalue weighted by Crippen LogP contribution is -1.98. The number of ketones is 1. The number of pyridine rings is 1. The summed E-state index contributed by atoms with van der Waals surface area (Å²) < 4.78 is 6.54. The summed E-state index contributed by atoms with van der Waals surface area (Å²) in [5.74, 6) is 0.715. The van der Waals surface area contributed by atoms with Crippen molar-refractivity contribution in [3.8, 4) is 5.75 Å². The summed E-state index contributed by atoms with van der Waals surface area (Å²) in [5.41, 5.74) is 1.62. The Morgan fingerprint density at radius 2 is 2.17 bits per heavy atom. The van der Waals surface area contributed by atoms with Crippen LogP contribution in [0.2, 0.25) is 0 Å². The summed E-state index contributed by atoms with van der Waals surface area (Å²) in [6.07, 6.45) is 3.47. The largest absolute Gasteiger partial charge is 0.489 e. The van der Waals surface area contributed by atoms with Gasteiger partial charge in [0, 0.05) is 28.0 Å². The SMILES string of the molecule is CC(=O)c1cccc(OCc2cncc(Br)c2)c1. The predicted molar refractivity (Wildman–Crippen MR) is 72.7 cm³/mol. The van der Waals surface area contributed by atoms with E-state index in [-0.39, 0.29) is 5.78 Å². The van der Waals surface area contributed by atoms with Crippen molar-refractivity contribution < 1.29 is 9.53 Å². The Kier molecular flexibility index (Phi) is 4.10. The predicted octanol–water partition coefficient (Wildman–Crippen LogP) is 3.63. The van der Waals surface area contributed by atoms with Crippen LogP contribution in [0, 0.1) is 0 Å². The number of carbonyl (C=O) groups is 1. The Hall–Kier alpha value is -1.68. The molecule has 0 amide bonds. The molecule has 0 bridgehead atoms. The van der Waals surface area contributed by atoms with Gasteiger partial charge in [0.1, 0.15) is 12.4 Å². The van der Waals surface area contributed by atoms with Crippen molar-refractivity contribution in [3.05, 3.63) is 58.3 Å². The second-order valence-electron chi connectivity index (χ2n) is 3.88. The fourth-order valence-electron chi connectivity index (χ4n) is 1.51. The quantitative estimate of drug-likeness (QED) is 0.810. The molecule has 0 atom stereocenters. The highest BCUT2D eigenvalue weighted by Crippen LogP contribution is 2.16. The molecule has 2 rings (SSSR count). The smallest absolute Gasteiger partial charge is 0.159 e. The summed E-state index contributed by atoms with van der Waals surface area (Å²) in [4.78, 5) is 15.3. The van der Waals surface area contributed by atoms with Crippen molar-refractivity contribution in [1.82, 2.24) is 4.98 Å². The Morgan fingerprint density at radius 3 is 2.89 bits per heavy atom. The molecule has 18 heavy (non-hydrogen) atoms. The molecule has 0 N–H and O–H groups in total. The maximum Gasteiger partial charge on any atom is 0.159 e. The summed E-state index contributed by atoms with van der Waals surface area (Å²) in [6, 6.07) is 9.11. The van der Waals surface area contributed by atoms with E-state index in [0.29, 0.717) is 17.9 Å². The number of Topliss-reactive ketones (excluding diaryl/α,β-unsaturated/α-hetero) is 1. The molecule has 0 saturated heterocycles. The molecule has 92 valence electrons. The van der Waals surface area contributed by atoms with Gasteiger partial charge in [-0.25, -0.2) is 0 Å². The third-order valence-corrected chi connectivity index (χ3v) is 2.84. The van der Waals surface area contributed by atoms with E-state index in [0.717, 1.165) is 10.0 Å². The van der Waals surface area contributed by atoms with Gasteiger partial charge in [0.2, 0.25) is 0 Å². The number of aromatic nitrogens is 1. The van der Waals surface area contributed by atoms with Gasteiger partial charge in [-0.15, -0.1) is 0 Å². The Balaban J connectivity index is 2.06. The van der Waals surface area contributed by atoms with Crippen LogP contribution in [0.4, 0.5) is 0 Å². The zero-order chi connectivity index (χ0) is 13.0. The molecular formula is C14H12BrNO2. The first-order chi connectivity index (χ1) is 8.65. The lowest BCUT2D eigenvalue weighted by atomic mass is 10.1. The van der Waals surface area contributed by atoms with Gasteiger partial charge in [0.25, 0.3) is 0 Å². The first-order valence-corrected chi connectivity index (χ1v) is 6.27. The Morgan fingerprint density at radius 1 is 1.33 bits per heavy atom. The van der Waals surface area contributed by atoms with Gasteiger partial charge in [-0.2, -0.15) is 0 Å². The normalized spacial score (nSPS) is 10.1. The first kappa shape index (κ1) is 12.8. The number of hydrogen-bond acceptors (Lipinski definition) is 3. The van der Waals surface area contributed by atoms with Crippen LogP contribution in [0.15, 0.2) is 47.2 Å². The number of carbonyl (C=O) groups excluding carboxylic acids is 1. The molecule has 0 aliphatic heterocycles. The molecule has 3 nitrogen and oxygen atoms in total. The average Bonchev–Trinajstić information content (AvgIpc) is 2.37. The fraction of sp³-hybridized carbons (Fsp3) is 0.143. The van der Waals surface area contributed by atoms with Crippen LogP contribution in [-0.4, -0.2) is 10.8 Å². The molecule has 1 heterocycles. The molecule has 0 saturated carbocycles. The third-order valence-electron chi connectivity index (χ3n) is 2.41. The van der Waals surface area contributed by atoms with Gasteiger partial charge in [0.05, 0.1) is 0 Å².